The quantitative estimate of drug-likeness (QED) is 0.248. The van der Waals surface area contributed by atoms with Crippen molar-refractivity contribution in [3.8, 4) is 11.1 Å². The van der Waals surface area contributed by atoms with Crippen LogP contribution in [0.2, 0.25) is 0 Å². The van der Waals surface area contributed by atoms with Gasteiger partial charge in [-0.15, -0.1) is 0 Å². The molecule has 3 rings (SSSR count). The Bertz CT molecular complexity index is 1210. The number of rotatable bonds is 11. The normalized spacial score (nSPS) is 11.1. The zero-order valence-corrected chi connectivity index (χ0v) is 19.5. The Labute approximate surface area is 199 Å². The van der Waals surface area contributed by atoms with Crippen LogP contribution in [0.25, 0.3) is 11.1 Å². The van der Waals surface area contributed by atoms with Crippen molar-refractivity contribution >= 4 is 27.3 Å². The highest BCUT2D eigenvalue weighted by Crippen LogP contribution is 2.22. The van der Waals surface area contributed by atoms with Crippen LogP contribution < -0.4 is 15.4 Å². The average molecular weight is 482 g/mol. The lowest BCUT2D eigenvalue weighted by molar-refractivity contribution is -0.605. The summed E-state index contributed by atoms with van der Waals surface area (Å²) < 4.78 is 24.9. The third-order valence-electron chi connectivity index (χ3n) is 5.11. The van der Waals surface area contributed by atoms with Gasteiger partial charge in [0.25, 0.3) is 0 Å². The molecule has 0 aliphatic heterocycles. The molecule has 8 nitrogen and oxygen atoms in total. The number of amides is 2. The van der Waals surface area contributed by atoms with Crippen LogP contribution in [0.5, 0.6) is 0 Å². The monoisotopic (exact) mass is 481 g/mol. The third kappa shape index (κ3) is 7.70. The molecule has 1 heterocycles. The molecule has 0 spiro atoms. The summed E-state index contributed by atoms with van der Waals surface area (Å²) in [4.78, 5) is 24.1. The first-order chi connectivity index (χ1) is 16.3. The minimum Gasteiger partial charge on any atom is -0.619 e. The molecule has 9 heteroatoms. The largest absolute Gasteiger partial charge is 0.619 e. The van der Waals surface area contributed by atoms with Crippen LogP contribution in [0.15, 0.2) is 84.0 Å². The highest BCUT2D eigenvalue weighted by Gasteiger charge is 2.19. The van der Waals surface area contributed by atoms with Crippen molar-refractivity contribution in [1.29, 1.82) is 0 Å². The lowest BCUT2D eigenvalue weighted by Crippen LogP contribution is -2.31. The van der Waals surface area contributed by atoms with Crippen LogP contribution in [-0.2, 0) is 19.4 Å². The van der Waals surface area contributed by atoms with Gasteiger partial charge in [-0.3, -0.25) is 9.59 Å². The Morgan fingerprint density at radius 3 is 2.26 bits per heavy atom. The van der Waals surface area contributed by atoms with E-state index in [0.29, 0.717) is 37.0 Å². The number of hydrogen-bond acceptors (Lipinski definition) is 5. The zero-order valence-electron chi connectivity index (χ0n) is 18.6. The second kappa shape index (κ2) is 11.9. The summed E-state index contributed by atoms with van der Waals surface area (Å²) in [5, 5.41) is 16.5. The molecule has 0 fully saturated rings. The predicted molar refractivity (Wildman–Crippen MR) is 129 cm³/mol. The number of hydrogen-bond donors (Lipinski definition) is 2. The highest BCUT2D eigenvalue weighted by atomic mass is 32.2. The molecule has 0 bridgehead atoms. The average Bonchev–Trinajstić information content (AvgIpc) is 2.82. The van der Waals surface area contributed by atoms with Gasteiger partial charge in [-0.1, -0.05) is 48.9 Å². The van der Waals surface area contributed by atoms with Crippen molar-refractivity contribution in [3.63, 3.8) is 0 Å². The van der Waals surface area contributed by atoms with E-state index in [1.54, 1.807) is 0 Å². The summed E-state index contributed by atoms with van der Waals surface area (Å²) >= 11 is 0. The van der Waals surface area contributed by atoms with Gasteiger partial charge in [-0.2, -0.15) is 4.73 Å². The van der Waals surface area contributed by atoms with E-state index in [0.717, 1.165) is 29.2 Å². The molecule has 0 atom stereocenters. The molecule has 178 valence electrons. The van der Waals surface area contributed by atoms with Crippen molar-refractivity contribution in [3.05, 3.63) is 84.3 Å². The molecule has 2 aromatic carbocycles. The first-order valence-corrected chi connectivity index (χ1v) is 12.6. The van der Waals surface area contributed by atoms with E-state index >= 15 is 0 Å². The molecule has 0 saturated carbocycles. The fraction of sp³-hybridized carbons (Fsp3) is 0.240. The van der Waals surface area contributed by atoms with Crippen LogP contribution in [0.1, 0.15) is 25.7 Å². The van der Waals surface area contributed by atoms with Crippen molar-refractivity contribution in [1.82, 2.24) is 5.32 Å². The molecule has 1 aromatic heterocycles. The fourth-order valence-electron chi connectivity index (χ4n) is 3.36. The van der Waals surface area contributed by atoms with Gasteiger partial charge in [0, 0.05) is 30.8 Å². The molecule has 0 saturated heterocycles. The van der Waals surface area contributed by atoms with Gasteiger partial charge in [0.15, 0.2) is 22.2 Å². The van der Waals surface area contributed by atoms with Gasteiger partial charge in [-0.05, 0) is 36.1 Å². The Balaban J connectivity index is 1.33. The molecule has 0 aliphatic carbocycles. The van der Waals surface area contributed by atoms with Crippen molar-refractivity contribution < 1.29 is 22.7 Å². The number of pyridine rings is 1. The van der Waals surface area contributed by atoms with E-state index in [2.05, 4.69) is 10.6 Å². The zero-order chi connectivity index (χ0) is 24.4. The lowest BCUT2D eigenvalue weighted by Gasteiger charge is -2.08. The summed E-state index contributed by atoms with van der Waals surface area (Å²) in [5.41, 5.74) is 2.84. The van der Waals surface area contributed by atoms with E-state index in [-0.39, 0.29) is 10.8 Å². The number of carbonyl (C=O) groups is 2. The van der Waals surface area contributed by atoms with E-state index < -0.39 is 21.5 Å². The summed E-state index contributed by atoms with van der Waals surface area (Å²) in [6.07, 6.45) is 4.49. The fourth-order valence-corrected chi connectivity index (χ4v) is 4.51. The Kier molecular flexibility index (Phi) is 8.75. The summed E-state index contributed by atoms with van der Waals surface area (Å²) in [7, 11) is -3.80. The molecule has 34 heavy (non-hydrogen) atoms. The number of carbonyl (C=O) groups excluding carboxylic acids is 2. The van der Waals surface area contributed by atoms with Gasteiger partial charge in [0.05, 0.1) is 4.90 Å². The van der Waals surface area contributed by atoms with Gasteiger partial charge in [0.2, 0.25) is 11.8 Å². The number of benzene rings is 2. The third-order valence-corrected chi connectivity index (χ3v) is 6.74. The molecule has 0 radical (unpaired) electrons. The molecular weight excluding hydrogens is 454 g/mol. The van der Waals surface area contributed by atoms with E-state index in [9.17, 15) is 23.2 Å². The van der Waals surface area contributed by atoms with E-state index in [4.69, 9.17) is 0 Å². The predicted octanol–water partition coefficient (Wildman–Crippen LogP) is 3.08. The maximum Gasteiger partial charge on any atom is 0.235 e. The first-order valence-electron chi connectivity index (χ1n) is 11.0. The minimum atomic E-state index is -3.80. The molecular formula is C25H27N3O5S. The minimum absolute atomic E-state index is 0.0740. The van der Waals surface area contributed by atoms with E-state index in [1.807, 2.05) is 54.6 Å². The first kappa shape index (κ1) is 24.9. The van der Waals surface area contributed by atoms with Crippen LogP contribution in [-0.4, -0.2) is 32.5 Å². The van der Waals surface area contributed by atoms with Gasteiger partial charge >= 0.3 is 0 Å². The lowest BCUT2D eigenvalue weighted by atomic mass is 10.1. The molecule has 0 unspecified atom stereocenters. The molecule has 3 aromatic rings. The Morgan fingerprint density at radius 2 is 1.53 bits per heavy atom. The number of aromatic nitrogens is 1. The number of nitrogens with one attached hydrogen (secondary N) is 2. The maximum atomic E-state index is 12.2. The second-order valence-corrected chi connectivity index (χ2v) is 9.80. The van der Waals surface area contributed by atoms with Crippen molar-refractivity contribution in [2.24, 2.45) is 0 Å². The summed E-state index contributed by atoms with van der Waals surface area (Å²) in [6.45, 7) is 0.324. The summed E-state index contributed by atoms with van der Waals surface area (Å²) in [5.74, 6) is -1.36. The smallest absolute Gasteiger partial charge is 0.235 e. The summed E-state index contributed by atoms with van der Waals surface area (Å²) in [6, 6.07) is 19.9. The second-order valence-electron chi connectivity index (χ2n) is 7.81. The van der Waals surface area contributed by atoms with Crippen LogP contribution in [0, 0.1) is 5.21 Å². The SMILES string of the molecule is O=C(CS(=O)(=O)c1cc[n+]([O-])cc1)NCCCCCC(=O)Nc1cccc(-c2ccccc2)c1. The van der Waals surface area contributed by atoms with Gasteiger partial charge in [-0.25, -0.2) is 8.42 Å². The van der Waals surface area contributed by atoms with Crippen LogP contribution >= 0.6 is 0 Å². The van der Waals surface area contributed by atoms with Crippen LogP contribution in [0.4, 0.5) is 5.69 Å². The number of sulfone groups is 1. The van der Waals surface area contributed by atoms with Crippen molar-refractivity contribution in [2.45, 2.75) is 30.6 Å². The molecule has 0 aliphatic rings. The topological polar surface area (TPSA) is 119 Å². The number of nitrogens with zero attached hydrogens (tertiary/aromatic N) is 1. The number of unbranched alkanes of at least 4 members (excludes halogenated alkanes) is 2. The molecule has 2 amide bonds. The Hall–Kier alpha value is -3.72. The standard InChI is InChI=1S/C25H27N3O5S/c29-24(27-22-11-7-10-21(18-22)20-8-3-1-4-9-20)12-5-2-6-15-26-25(30)19-34(32,33)23-13-16-28(31)17-14-23/h1,3-4,7-11,13-14,16-18H,2,5-6,12,15,19H2,(H,26,30)(H,27,29). The molecule has 2 N–H and O–H groups in total. The van der Waals surface area contributed by atoms with Gasteiger partial charge < -0.3 is 15.8 Å². The highest BCUT2D eigenvalue weighted by molar-refractivity contribution is 7.92. The number of anilines is 1. The maximum absolute atomic E-state index is 12.2. The van der Waals surface area contributed by atoms with Gasteiger partial charge in [0.1, 0.15) is 5.75 Å². The van der Waals surface area contributed by atoms with Crippen molar-refractivity contribution in [2.75, 3.05) is 17.6 Å². The van der Waals surface area contributed by atoms with E-state index in [1.165, 1.54) is 12.1 Å². The van der Waals surface area contributed by atoms with Crippen LogP contribution in [0.3, 0.4) is 0 Å². The Morgan fingerprint density at radius 1 is 0.824 bits per heavy atom.